The molecule has 3 heterocycles. The van der Waals surface area contributed by atoms with Gasteiger partial charge in [0.15, 0.2) is 12.1 Å². The second kappa shape index (κ2) is 19.1. The van der Waals surface area contributed by atoms with E-state index in [1.165, 1.54) is 13.5 Å². The summed E-state index contributed by atoms with van der Waals surface area (Å²) in [6, 6.07) is -0.987. The highest BCUT2D eigenvalue weighted by atomic mass is 16.7. The number of rotatable bonds is 10. The Morgan fingerprint density at radius 1 is 1.10 bits per heavy atom. The molecule has 13 heteroatoms. The molecular weight excluding hydrogens is 656 g/mol. The van der Waals surface area contributed by atoms with Crippen molar-refractivity contribution in [3.8, 4) is 0 Å². The van der Waals surface area contributed by atoms with Crippen LogP contribution in [-0.2, 0) is 38.1 Å². The number of aliphatic hydroxyl groups is 1. The van der Waals surface area contributed by atoms with Gasteiger partial charge in [0, 0.05) is 38.3 Å². The van der Waals surface area contributed by atoms with Crippen molar-refractivity contribution in [1.29, 1.82) is 0 Å². The van der Waals surface area contributed by atoms with Crippen LogP contribution in [0.2, 0.25) is 0 Å². The molecule has 3 saturated heterocycles. The predicted octanol–water partition coefficient (Wildman–Crippen LogP) is 2.76. The van der Waals surface area contributed by atoms with E-state index in [0.717, 1.165) is 25.9 Å². The van der Waals surface area contributed by atoms with E-state index >= 15 is 0 Å². The summed E-state index contributed by atoms with van der Waals surface area (Å²) in [5.74, 6) is -3.03. The van der Waals surface area contributed by atoms with E-state index in [9.17, 15) is 19.5 Å². The Labute approximate surface area is 307 Å². The van der Waals surface area contributed by atoms with Gasteiger partial charge in [0.1, 0.15) is 23.7 Å². The number of aliphatic hydroxyl groups excluding tert-OH is 1. The Bertz CT molecular complexity index is 1120. The summed E-state index contributed by atoms with van der Waals surface area (Å²) < 4.78 is 31.9. The van der Waals surface area contributed by atoms with E-state index in [-0.39, 0.29) is 35.9 Å². The highest BCUT2D eigenvalue weighted by Gasteiger charge is 2.51. The minimum atomic E-state index is -1.14. The average molecular weight is 727 g/mol. The number of likely N-dealkylation sites (N-methyl/N-ethyl adjacent to an activating group) is 1. The van der Waals surface area contributed by atoms with Gasteiger partial charge in [0.2, 0.25) is 6.41 Å². The lowest BCUT2D eigenvalue weighted by molar-refractivity contribution is -0.303. The van der Waals surface area contributed by atoms with Crippen molar-refractivity contribution in [1.82, 2.24) is 20.4 Å². The zero-order chi connectivity index (χ0) is 38.3. The van der Waals surface area contributed by atoms with Gasteiger partial charge in [-0.05, 0) is 106 Å². The first-order valence-corrected chi connectivity index (χ1v) is 19.2. The highest BCUT2D eigenvalue weighted by Crippen LogP contribution is 2.38. The summed E-state index contributed by atoms with van der Waals surface area (Å²) in [4.78, 5) is 44.4. The molecule has 0 aromatic rings. The van der Waals surface area contributed by atoms with Crippen molar-refractivity contribution in [2.45, 2.75) is 160 Å². The predicted molar refractivity (Wildman–Crippen MR) is 195 cm³/mol. The van der Waals surface area contributed by atoms with Crippen molar-refractivity contribution in [3.63, 3.8) is 0 Å². The van der Waals surface area contributed by atoms with E-state index in [4.69, 9.17) is 23.7 Å². The fourth-order valence-electron chi connectivity index (χ4n) is 8.73. The van der Waals surface area contributed by atoms with Gasteiger partial charge in [0.25, 0.3) is 0 Å². The number of carbonyl (C=O) groups is 3. The number of cyclic esters (lactones) is 1. The number of hydrogen-bond acceptors (Lipinski definition) is 12. The Kier molecular flexibility index (Phi) is 16.3. The number of carbonyl (C=O) groups excluding carboxylic acids is 3. The zero-order valence-corrected chi connectivity index (χ0v) is 33.5. The number of methoxy groups -OCH3 is 2. The van der Waals surface area contributed by atoms with Gasteiger partial charge >= 0.3 is 5.97 Å². The molecule has 1 amide bonds. The number of hydrogen-bond donors (Lipinski definition) is 3. The molecule has 14 atom stereocenters. The van der Waals surface area contributed by atoms with Gasteiger partial charge in [0.05, 0.1) is 23.9 Å². The molecule has 3 N–H and O–H groups in total. The van der Waals surface area contributed by atoms with E-state index in [0.29, 0.717) is 32.2 Å². The molecule has 0 aromatic carbocycles. The fourth-order valence-corrected chi connectivity index (χ4v) is 8.73. The third kappa shape index (κ3) is 10.1. The molecule has 3 fully saturated rings. The van der Waals surface area contributed by atoms with Crippen molar-refractivity contribution in [2.24, 2.45) is 17.8 Å². The topological polar surface area (TPSA) is 148 Å². The van der Waals surface area contributed by atoms with Gasteiger partial charge in [-0.2, -0.15) is 0 Å². The van der Waals surface area contributed by atoms with Crippen molar-refractivity contribution in [3.05, 3.63) is 0 Å². The number of likely N-dealkylation sites (tertiary alicyclic amines) is 1. The third-order valence-electron chi connectivity index (χ3n) is 12.3. The zero-order valence-electron chi connectivity index (χ0n) is 33.5. The van der Waals surface area contributed by atoms with E-state index in [1.807, 2.05) is 46.7 Å². The summed E-state index contributed by atoms with van der Waals surface area (Å²) in [7, 11) is 7.03. The summed E-state index contributed by atoms with van der Waals surface area (Å²) in [5, 5.41) is 18.2. The van der Waals surface area contributed by atoms with E-state index in [2.05, 4.69) is 29.4 Å². The van der Waals surface area contributed by atoms with Crippen molar-refractivity contribution >= 4 is 18.2 Å². The van der Waals surface area contributed by atoms with Crippen molar-refractivity contribution in [2.75, 3.05) is 47.9 Å². The molecular formula is C38H70N4O9. The van der Waals surface area contributed by atoms with E-state index < -0.39 is 59.7 Å². The maximum absolute atomic E-state index is 14.4. The minimum absolute atomic E-state index is 0.0116. The number of ether oxygens (including phenoxy) is 5. The fraction of sp³-hybridized carbons (Fsp3) is 0.921. The number of Topliss-reactive ketones (excluding diaryl/α,β-unsaturated/α-hetero) is 1. The summed E-state index contributed by atoms with van der Waals surface area (Å²) in [6.07, 6.45) is 1.74. The highest BCUT2D eigenvalue weighted by molar-refractivity contribution is 6.00. The first-order valence-electron chi connectivity index (χ1n) is 19.2. The van der Waals surface area contributed by atoms with E-state index in [1.54, 1.807) is 21.0 Å². The molecule has 0 spiro atoms. The summed E-state index contributed by atoms with van der Waals surface area (Å²) >= 11 is 0. The number of ketones is 1. The molecule has 0 aromatic heterocycles. The molecule has 3 aliphatic heterocycles. The second-order valence-corrected chi connectivity index (χ2v) is 16.1. The first-order chi connectivity index (χ1) is 24.0. The normalized spacial score (nSPS) is 42.0. The lowest BCUT2D eigenvalue weighted by atomic mass is 9.78. The maximum Gasteiger partial charge on any atom is 0.316 e. The van der Waals surface area contributed by atoms with Crippen molar-refractivity contribution < 1.29 is 43.2 Å². The molecule has 13 nitrogen and oxygen atoms in total. The minimum Gasteiger partial charge on any atom is -0.459 e. The second-order valence-electron chi connectivity index (χ2n) is 16.1. The Morgan fingerprint density at radius 2 is 1.75 bits per heavy atom. The molecule has 0 bridgehead atoms. The van der Waals surface area contributed by atoms with Crippen LogP contribution in [0.4, 0.5) is 0 Å². The number of nitrogens with zero attached hydrogens (tertiary/aromatic N) is 2. The molecule has 3 aliphatic rings. The van der Waals surface area contributed by atoms with Crippen LogP contribution in [0.5, 0.6) is 0 Å². The number of nitrogens with one attached hydrogen (secondary N) is 2. The molecule has 0 radical (unpaired) electrons. The van der Waals surface area contributed by atoms with Crippen LogP contribution < -0.4 is 10.6 Å². The Morgan fingerprint density at radius 3 is 2.29 bits per heavy atom. The van der Waals surface area contributed by atoms with Crippen LogP contribution in [0.15, 0.2) is 0 Å². The van der Waals surface area contributed by atoms with Crippen LogP contribution in [-0.4, -0.2) is 147 Å². The molecule has 296 valence electrons. The van der Waals surface area contributed by atoms with Crippen LogP contribution >= 0.6 is 0 Å². The molecule has 0 aliphatic carbocycles. The first kappa shape index (κ1) is 43.7. The molecule has 51 heavy (non-hydrogen) atoms. The number of esters is 1. The molecule has 0 saturated carbocycles. The molecule has 3 rings (SSSR count). The SMILES string of the molecule is CC[C@H]1OC(=O)C(C)C(=O)[C@H](C)[C@@H](O[C@@H]2O[C@H]([C@H](C)N3CCCCC3)CC(N(C)C)[C@H]2O)[C@](C)(OC)C[C@@H](C)CN[C@H](C)[C@@H](NC=O)[C@]1(C)OC. The Balaban J connectivity index is 2.05. The molecule has 2 unspecified atom stereocenters. The summed E-state index contributed by atoms with van der Waals surface area (Å²) in [5.41, 5.74) is -2.14. The number of piperidine rings is 1. The van der Waals surface area contributed by atoms with Gasteiger partial charge in [-0.15, -0.1) is 0 Å². The lowest BCUT2D eigenvalue weighted by Gasteiger charge is -2.49. The van der Waals surface area contributed by atoms with Gasteiger partial charge in [-0.1, -0.05) is 27.2 Å². The average Bonchev–Trinajstić information content (AvgIpc) is 3.12. The van der Waals surface area contributed by atoms with Gasteiger partial charge in [-0.3, -0.25) is 19.3 Å². The van der Waals surface area contributed by atoms with Gasteiger partial charge in [-0.25, -0.2) is 0 Å². The monoisotopic (exact) mass is 727 g/mol. The van der Waals surface area contributed by atoms with Crippen LogP contribution in [0.1, 0.15) is 93.9 Å². The smallest absolute Gasteiger partial charge is 0.316 e. The standard InChI is InChI=1S/C38H70N4O9/c1-13-30-38(8,48-12)33(40-22-43)26(5)39-21-23(2)20-37(7,47-11)34(24(3)31(44)25(4)35(46)50-30)51-36-32(45)28(41(9)10)19-29(49-36)27(6)42-17-15-14-16-18-42/h22-30,32-34,36,39,45H,13-21H2,1-12H3,(H,40,43)/t23-,24+,25?,26-,27+,28?,29+,30-,32-,33-,34-,36+,37-,38-/m1/s1. The van der Waals surface area contributed by atoms with Crippen LogP contribution in [0.3, 0.4) is 0 Å². The maximum atomic E-state index is 14.4. The van der Waals surface area contributed by atoms with Gasteiger partial charge < -0.3 is 44.3 Å². The van der Waals surface area contributed by atoms with Crippen LogP contribution in [0.25, 0.3) is 0 Å². The summed E-state index contributed by atoms with van der Waals surface area (Å²) in [6.45, 7) is 17.7. The Hall–Kier alpha value is -1.71. The third-order valence-corrected chi connectivity index (χ3v) is 12.3. The number of amides is 1. The largest absolute Gasteiger partial charge is 0.459 e. The lowest BCUT2D eigenvalue weighted by Crippen LogP contribution is -2.65. The van der Waals surface area contributed by atoms with Crippen LogP contribution in [0, 0.1) is 17.8 Å². The quantitative estimate of drug-likeness (QED) is 0.173.